The van der Waals surface area contributed by atoms with Crippen LogP contribution in [0.4, 0.5) is 4.79 Å². The van der Waals surface area contributed by atoms with Crippen LogP contribution in [0.25, 0.3) is 0 Å². The molecule has 0 aliphatic heterocycles. The smallest absolute Gasteiger partial charge is 1.00 e. The van der Waals surface area contributed by atoms with Gasteiger partial charge in [-0.3, -0.25) is 0 Å². The first kappa shape index (κ1) is 16.0. The van der Waals surface area contributed by atoms with Gasteiger partial charge in [0.2, 0.25) is 0 Å². The Kier molecular flexibility index (Phi) is 24.3. The summed E-state index contributed by atoms with van der Waals surface area (Å²) in [5.74, 6) is 0. The van der Waals surface area contributed by atoms with Crippen LogP contribution in [0.5, 0.6) is 0 Å². The number of nitrogens with two attached hydrogens (primary N) is 1. The molecule has 0 bridgehead atoms. The first-order valence-electron chi connectivity index (χ1n) is 0.716. The third kappa shape index (κ3) is 184. The molecule has 0 unspecified atom stereocenters. The molecule has 32 valence electrons. The molecule has 0 aromatic carbocycles. The molecular formula is CH3ClNNaO2. The Labute approximate surface area is 63.6 Å². The van der Waals surface area contributed by atoms with Gasteiger partial charge < -0.3 is 23.2 Å². The second-order valence-electron chi connectivity index (χ2n) is 0.338. The molecule has 0 atom stereocenters. The minimum Gasteiger partial charge on any atom is -1.00 e. The summed E-state index contributed by atoms with van der Waals surface area (Å²) in [6.45, 7) is 0. The quantitative estimate of drug-likeness (QED) is 0.312. The van der Waals surface area contributed by atoms with Crippen LogP contribution in [0.3, 0.4) is 0 Å². The van der Waals surface area contributed by atoms with Gasteiger partial charge in [0.1, 0.15) is 0 Å². The summed E-state index contributed by atoms with van der Waals surface area (Å²) < 4.78 is 0. The molecule has 0 rings (SSSR count). The van der Waals surface area contributed by atoms with Crippen molar-refractivity contribution in [3.63, 3.8) is 0 Å². The average molecular weight is 119 g/mol. The van der Waals surface area contributed by atoms with Crippen LogP contribution in [-0.4, -0.2) is 11.2 Å². The summed E-state index contributed by atoms with van der Waals surface area (Å²) in [6.07, 6.45) is -1.33. The second-order valence-corrected chi connectivity index (χ2v) is 0.338. The van der Waals surface area contributed by atoms with Crippen molar-refractivity contribution in [1.29, 1.82) is 0 Å². The minimum atomic E-state index is -1.33. The third-order valence-electron chi connectivity index (χ3n) is 0. The van der Waals surface area contributed by atoms with E-state index in [1.807, 2.05) is 0 Å². The maximum Gasteiger partial charge on any atom is 1.00 e. The van der Waals surface area contributed by atoms with E-state index in [2.05, 4.69) is 5.73 Å². The van der Waals surface area contributed by atoms with E-state index in [4.69, 9.17) is 9.90 Å². The summed E-state index contributed by atoms with van der Waals surface area (Å²) in [5.41, 5.74) is 4.03. The van der Waals surface area contributed by atoms with Crippen LogP contribution in [0.2, 0.25) is 0 Å². The number of hydrogen-bond acceptors (Lipinski definition) is 1. The molecule has 0 saturated carbocycles. The van der Waals surface area contributed by atoms with E-state index in [1.54, 1.807) is 0 Å². The van der Waals surface area contributed by atoms with Gasteiger partial charge in [-0.05, 0) is 0 Å². The number of carbonyl (C=O) groups is 1. The number of rotatable bonds is 0. The van der Waals surface area contributed by atoms with Gasteiger partial charge in [0, 0.05) is 0 Å². The van der Waals surface area contributed by atoms with Crippen molar-refractivity contribution in [2.45, 2.75) is 0 Å². The zero-order valence-corrected chi connectivity index (χ0v) is 6.07. The fourth-order valence-electron chi connectivity index (χ4n) is 0. The zero-order chi connectivity index (χ0) is 3.58. The minimum absolute atomic E-state index is 0. The average Bonchev–Trinajstić information content (AvgIpc) is 0.811. The molecular weight excluding hydrogens is 116 g/mol. The molecule has 0 fully saturated rings. The zero-order valence-electron chi connectivity index (χ0n) is 3.31. The Morgan fingerprint density at radius 2 is 1.67 bits per heavy atom. The maximum absolute atomic E-state index is 8.78. The first-order chi connectivity index (χ1) is 1.73. The number of halogens is 1. The molecule has 0 aliphatic rings. The monoisotopic (exact) mass is 119 g/mol. The van der Waals surface area contributed by atoms with Crippen LogP contribution >= 0.6 is 0 Å². The van der Waals surface area contributed by atoms with Crippen molar-refractivity contribution in [3.05, 3.63) is 0 Å². The van der Waals surface area contributed by atoms with Gasteiger partial charge in [0.15, 0.2) is 0 Å². The summed E-state index contributed by atoms with van der Waals surface area (Å²) in [6, 6.07) is 0. The Morgan fingerprint density at radius 1 is 1.67 bits per heavy atom. The molecule has 0 aliphatic carbocycles. The molecule has 0 saturated heterocycles. The molecule has 3 N–H and O–H groups in total. The van der Waals surface area contributed by atoms with Gasteiger partial charge in [0.05, 0.1) is 0 Å². The van der Waals surface area contributed by atoms with E-state index in [1.165, 1.54) is 0 Å². The van der Waals surface area contributed by atoms with Crippen LogP contribution < -0.4 is 47.7 Å². The topological polar surface area (TPSA) is 63.3 Å². The molecule has 3 nitrogen and oxygen atoms in total. The van der Waals surface area contributed by atoms with E-state index < -0.39 is 6.09 Å². The van der Waals surface area contributed by atoms with E-state index in [0.29, 0.717) is 0 Å². The van der Waals surface area contributed by atoms with Gasteiger partial charge >= 0.3 is 35.7 Å². The Balaban J connectivity index is -0.0000000450. The molecule has 0 spiro atoms. The van der Waals surface area contributed by atoms with Crippen LogP contribution in [-0.2, 0) is 0 Å². The molecule has 0 aromatic heterocycles. The first-order valence-corrected chi connectivity index (χ1v) is 0.716. The van der Waals surface area contributed by atoms with Gasteiger partial charge in [-0.25, -0.2) is 4.79 Å². The molecule has 0 heterocycles. The van der Waals surface area contributed by atoms with Crippen molar-refractivity contribution in [2.75, 3.05) is 0 Å². The van der Waals surface area contributed by atoms with E-state index in [9.17, 15) is 0 Å². The van der Waals surface area contributed by atoms with Crippen molar-refractivity contribution >= 4 is 6.09 Å². The largest absolute Gasteiger partial charge is 1.00 e. The molecule has 1 amide bonds. The SMILES string of the molecule is NC(=O)O.[Cl-].[Na+]. The van der Waals surface area contributed by atoms with Crippen molar-refractivity contribution < 1.29 is 51.9 Å². The fraction of sp³-hybridized carbons (Fsp3) is 0. The van der Waals surface area contributed by atoms with Gasteiger partial charge in [0.25, 0.3) is 0 Å². The van der Waals surface area contributed by atoms with Crippen molar-refractivity contribution in [1.82, 2.24) is 0 Å². The predicted molar refractivity (Wildman–Crippen MR) is 12.2 cm³/mol. The van der Waals surface area contributed by atoms with E-state index in [-0.39, 0.29) is 42.0 Å². The molecule has 6 heavy (non-hydrogen) atoms. The van der Waals surface area contributed by atoms with Gasteiger partial charge in [-0.15, -0.1) is 0 Å². The summed E-state index contributed by atoms with van der Waals surface area (Å²) in [7, 11) is 0. The summed E-state index contributed by atoms with van der Waals surface area (Å²) in [4.78, 5) is 8.78. The normalized spacial score (nSPS) is 4.00. The summed E-state index contributed by atoms with van der Waals surface area (Å²) in [5, 5.41) is 7.19. The maximum atomic E-state index is 8.78. The molecule has 5 heteroatoms. The number of hydrogen-bond donors (Lipinski definition) is 2. The van der Waals surface area contributed by atoms with Crippen LogP contribution in [0.1, 0.15) is 0 Å². The van der Waals surface area contributed by atoms with E-state index in [0.717, 1.165) is 0 Å². The Hall–Kier alpha value is 0.560. The number of carboxylic acid groups (broad SMARTS) is 1. The van der Waals surface area contributed by atoms with E-state index >= 15 is 0 Å². The fourth-order valence-corrected chi connectivity index (χ4v) is 0. The summed E-state index contributed by atoms with van der Waals surface area (Å²) >= 11 is 0. The van der Waals surface area contributed by atoms with Gasteiger partial charge in [-0.2, -0.15) is 0 Å². The predicted octanol–water partition coefficient (Wildman–Crippen LogP) is -6.37. The van der Waals surface area contributed by atoms with Crippen LogP contribution in [0, 0.1) is 0 Å². The molecule has 0 radical (unpaired) electrons. The second kappa shape index (κ2) is 9.12. The number of primary amides is 1. The Morgan fingerprint density at radius 3 is 1.67 bits per heavy atom. The van der Waals surface area contributed by atoms with Crippen LogP contribution in [0.15, 0.2) is 0 Å². The standard InChI is InChI=1S/CH3NO2.ClH.Na/c2-1(3)4;;/h2H2,(H,3,4);1H;/q;;+1/p-1. The number of amides is 1. The Bertz CT molecular complexity index is 36.5. The molecule has 0 aromatic rings. The third-order valence-corrected chi connectivity index (χ3v) is 0. The van der Waals surface area contributed by atoms with Crippen molar-refractivity contribution in [3.8, 4) is 0 Å². The van der Waals surface area contributed by atoms with Gasteiger partial charge in [-0.1, -0.05) is 0 Å². The van der Waals surface area contributed by atoms with Crippen molar-refractivity contribution in [2.24, 2.45) is 5.73 Å².